The van der Waals surface area contributed by atoms with Gasteiger partial charge in [-0.15, -0.1) is 0 Å². The van der Waals surface area contributed by atoms with Crippen molar-refractivity contribution in [3.63, 3.8) is 0 Å². The van der Waals surface area contributed by atoms with E-state index in [0.29, 0.717) is 11.5 Å². The van der Waals surface area contributed by atoms with E-state index in [0.717, 1.165) is 12.1 Å². The number of aromatic nitrogens is 2. The average molecular weight is 240 g/mol. The minimum atomic E-state index is -4.34. The Morgan fingerprint density at radius 3 is 2.00 bits per heavy atom. The summed E-state index contributed by atoms with van der Waals surface area (Å²) < 4.78 is 42.1. The molecule has 0 aliphatic carbocycles. The molecule has 0 unspecified atom stereocenters. The van der Waals surface area contributed by atoms with Crippen molar-refractivity contribution in [3.05, 3.63) is 48.5 Å². The van der Waals surface area contributed by atoms with Crippen molar-refractivity contribution in [3.8, 4) is 11.5 Å². The summed E-state index contributed by atoms with van der Waals surface area (Å²) in [4.78, 5) is 7.44. The molecular weight excluding hydrogens is 233 g/mol. The molecule has 0 saturated heterocycles. The number of benzene rings is 1. The molecule has 1 heterocycles. The molecule has 2 aromatic rings. The molecule has 2 rings (SSSR count). The number of ether oxygens (including phenoxy) is 1. The van der Waals surface area contributed by atoms with Crippen LogP contribution in [-0.4, -0.2) is 9.97 Å². The van der Waals surface area contributed by atoms with Gasteiger partial charge in [0.1, 0.15) is 12.1 Å². The zero-order chi connectivity index (χ0) is 12.3. The van der Waals surface area contributed by atoms with Crippen molar-refractivity contribution in [2.75, 3.05) is 0 Å². The normalized spacial score (nSPS) is 11.2. The minimum absolute atomic E-state index is 0.299. The van der Waals surface area contributed by atoms with E-state index in [-0.39, 0.29) is 0 Å². The van der Waals surface area contributed by atoms with Gasteiger partial charge in [0.05, 0.1) is 18.0 Å². The van der Waals surface area contributed by atoms with Crippen LogP contribution in [0.5, 0.6) is 11.5 Å². The van der Waals surface area contributed by atoms with Crippen molar-refractivity contribution in [2.45, 2.75) is 6.18 Å². The quantitative estimate of drug-likeness (QED) is 0.807. The average Bonchev–Trinajstić information content (AvgIpc) is 2.30. The zero-order valence-corrected chi connectivity index (χ0v) is 8.48. The number of nitrogens with zero attached hydrogens (tertiary/aromatic N) is 2. The molecule has 0 aliphatic heterocycles. The van der Waals surface area contributed by atoms with E-state index in [1.807, 2.05) is 0 Å². The van der Waals surface area contributed by atoms with Crippen LogP contribution in [0.25, 0.3) is 0 Å². The number of hydrogen-bond donors (Lipinski definition) is 0. The number of alkyl halides is 3. The van der Waals surface area contributed by atoms with Crippen LogP contribution in [0.1, 0.15) is 5.56 Å². The van der Waals surface area contributed by atoms with Crippen LogP contribution < -0.4 is 4.74 Å². The summed E-state index contributed by atoms with van der Waals surface area (Å²) in [5.74, 6) is 0.667. The Labute approximate surface area is 94.9 Å². The molecule has 17 heavy (non-hydrogen) atoms. The van der Waals surface area contributed by atoms with Gasteiger partial charge in [-0.2, -0.15) is 13.2 Å². The molecule has 3 nitrogen and oxygen atoms in total. The van der Waals surface area contributed by atoms with E-state index in [9.17, 15) is 13.2 Å². The Bertz CT molecular complexity index is 482. The predicted octanol–water partition coefficient (Wildman–Crippen LogP) is 3.29. The van der Waals surface area contributed by atoms with E-state index in [1.54, 1.807) is 0 Å². The Morgan fingerprint density at radius 1 is 0.882 bits per heavy atom. The molecule has 0 fully saturated rings. The van der Waals surface area contributed by atoms with Crippen molar-refractivity contribution in [2.24, 2.45) is 0 Å². The van der Waals surface area contributed by atoms with Crippen LogP contribution in [0.4, 0.5) is 13.2 Å². The van der Waals surface area contributed by atoms with Crippen molar-refractivity contribution >= 4 is 0 Å². The molecule has 88 valence electrons. The number of hydrogen-bond acceptors (Lipinski definition) is 3. The molecule has 0 N–H and O–H groups in total. The molecule has 0 amide bonds. The number of halogens is 3. The maximum absolute atomic E-state index is 12.3. The number of rotatable bonds is 2. The lowest BCUT2D eigenvalue weighted by Gasteiger charge is -2.08. The SMILES string of the molecule is FC(F)(F)c1ccc(Oc2cncnc2)cc1. The van der Waals surface area contributed by atoms with Crippen molar-refractivity contribution in [1.29, 1.82) is 0 Å². The van der Waals surface area contributed by atoms with Gasteiger partial charge >= 0.3 is 6.18 Å². The summed E-state index contributed by atoms with van der Waals surface area (Å²) in [7, 11) is 0. The fourth-order valence-electron chi connectivity index (χ4n) is 1.19. The Balaban J connectivity index is 2.14. The van der Waals surface area contributed by atoms with Crippen molar-refractivity contribution in [1.82, 2.24) is 9.97 Å². The fraction of sp³-hybridized carbons (Fsp3) is 0.0909. The lowest BCUT2D eigenvalue weighted by atomic mass is 10.2. The smallest absolute Gasteiger partial charge is 0.416 e. The maximum atomic E-state index is 12.3. The zero-order valence-electron chi connectivity index (χ0n) is 8.48. The molecular formula is C11H7F3N2O. The van der Waals surface area contributed by atoms with Crippen LogP contribution in [0, 0.1) is 0 Å². The molecule has 0 radical (unpaired) electrons. The second kappa shape index (κ2) is 4.40. The topological polar surface area (TPSA) is 35.0 Å². The third-order valence-electron chi connectivity index (χ3n) is 1.95. The Morgan fingerprint density at radius 2 is 1.47 bits per heavy atom. The van der Waals surface area contributed by atoms with Gasteiger partial charge in [-0.25, -0.2) is 9.97 Å². The van der Waals surface area contributed by atoms with E-state index in [2.05, 4.69) is 9.97 Å². The highest BCUT2D eigenvalue weighted by molar-refractivity contribution is 5.32. The molecule has 0 atom stereocenters. The minimum Gasteiger partial charge on any atom is -0.454 e. The second-order valence-corrected chi connectivity index (χ2v) is 3.20. The first kappa shape index (κ1) is 11.4. The molecule has 1 aromatic carbocycles. The highest BCUT2D eigenvalue weighted by atomic mass is 19.4. The van der Waals surface area contributed by atoms with Gasteiger partial charge in [-0.1, -0.05) is 0 Å². The van der Waals surface area contributed by atoms with E-state index in [1.165, 1.54) is 30.9 Å². The first-order valence-electron chi connectivity index (χ1n) is 4.66. The highest BCUT2D eigenvalue weighted by Crippen LogP contribution is 2.31. The monoisotopic (exact) mass is 240 g/mol. The van der Waals surface area contributed by atoms with Crippen LogP contribution in [0.3, 0.4) is 0 Å². The molecule has 0 bridgehead atoms. The predicted molar refractivity (Wildman–Crippen MR) is 53.6 cm³/mol. The van der Waals surface area contributed by atoms with Gasteiger partial charge in [-0.05, 0) is 24.3 Å². The van der Waals surface area contributed by atoms with Gasteiger partial charge in [0.15, 0.2) is 5.75 Å². The van der Waals surface area contributed by atoms with Crippen molar-refractivity contribution < 1.29 is 17.9 Å². The van der Waals surface area contributed by atoms with Gasteiger partial charge in [-0.3, -0.25) is 0 Å². The summed E-state index contributed by atoms with van der Waals surface area (Å²) in [5, 5.41) is 0. The largest absolute Gasteiger partial charge is 0.454 e. The van der Waals surface area contributed by atoms with Crippen LogP contribution in [0.2, 0.25) is 0 Å². The maximum Gasteiger partial charge on any atom is 0.416 e. The first-order chi connectivity index (χ1) is 8.05. The molecule has 1 aromatic heterocycles. The van der Waals surface area contributed by atoms with Gasteiger partial charge < -0.3 is 4.74 Å². The molecule has 0 spiro atoms. The lowest BCUT2D eigenvalue weighted by Crippen LogP contribution is -2.03. The van der Waals surface area contributed by atoms with Crippen LogP contribution in [0.15, 0.2) is 43.0 Å². The van der Waals surface area contributed by atoms with E-state index in [4.69, 9.17) is 4.74 Å². The summed E-state index contributed by atoms with van der Waals surface area (Å²) in [5.41, 5.74) is -0.714. The summed E-state index contributed by atoms with van der Waals surface area (Å²) in [6.45, 7) is 0. The molecule has 0 aliphatic rings. The summed E-state index contributed by atoms with van der Waals surface area (Å²) in [6.07, 6.45) is -0.163. The van der Waals surface area contributed by atoms with E-state index >= 15 is 0 Å². The van der Waals surface area contributed by atoms with Crippen LogP contribution in [-0.2, 0) is 6.18 Å². The van der Waals surface area contributed by atoms with E-state index < -0.39 is 11.7 Å². The fourth-order valence-corrected chi connectivity index (χ4v) is 1.19. The van der Waals surface area contributed by atoms with Gasteiger partial charge in [0.25, 0.3) is 0 Å². The third kappa shape index (κ3) is 2.93. The molecule has 6 heteroatoms. The second-order valence-electron chi connectivity index (χ2n) is 3.20. The lowest BCUT2D eigenvalue weighted by molar-refractivity contribution is -0.137. The standard InChI is InChI=1S/C11H7F3N2O/c12-11(13,14)8-1-3-9(4-2-8)17-10-5-15-7-16-6-10/h1-7H. The summed E-state index contributed by atoms with van der Waals surface area (Å²) in [6, 6.07) is 4.41. The van der Waals surface area contributed by atoms with Gasteiger partial charge in [0.2, 0.25) is 0 Å². The highest BCUT2D eigenvalue weighted by Gasteiger charge is 2.29. The first-order valence-corrected chi connectivity index (χ1v) is 4.66. The Hall–Kier alpha value is -2.11. The molecule has 0 saturated carbocycles. The van der Waals surface area contributed by atoms with Gasteiger partial charge in [0, 0.05) is 0 Å². The Kier molecular flexibility index (Phi) is 2.95. The third-order valence-corrected chi connectivity index (χ3v) is 1.95. The summed E-state index contributed by atoms with van der Waals surface area (Å²) >= 11 is 0. The van der Waals surface area contributed by atoms with Crippen LogP contribution >= 0.6 is 0 Å².